The summed E-state index contributed by atoms with van der Waals surface area (Å²) in [6.07, 6.45) is 19.2. The van der Waals surface area contributed by atoms with Crippen LogP contribution in [-0.2, 0) is 4.79 Å². The van der Waals surface area contributed by atoms with Gasteiger partial charge in [0, 0.05) is 5.92 Å². The molecule has 0 aromatic carbocycles. The van der Waals surface area contributed by atoms with Crippen molar-refractivity contribution in [1.29, 1.82) is 0 Å². The third kappa shape index (κ3) is 5.70. The Balaban J connectivity index is 1.47. The van der Waals surface area contributed by atoms with Crippen LogP contribution < -0.4 is 0 Å². The molecule has 0 aliphatic heterocycles. The van der Waals surface area contributed by atoms with E-state index in [1.165, 1.54) is 76.9 Å². The first kappa shape index (κ1) is 18.0. The van der Waals surface area contributed by atoms with Gasteiger partial charge in [-0.05, 0) is 49.4 Å². The molecule has 2 fully saturated rings. The summed E-state index contributed by atoms with van der Waals surface area (Å²) in [5.74, 6) is 4.25. The van der Waals surface area contributed by atoms with E-state index in [4.69, 9.17) is 0 Å². The molecule has 128 valence electrons. The van der Waals surface area contributed by atoms with Gasteiger partial charge in [0.1, 0.15) is 6.29 Å². The number of aldehydes is 1. The van der Waals surface area contributed by atoms with Gasteiger partial charge in [0.15, 0.2) is 0 Å². The average Bonchev–Trinajstić information content (AvgIpc) is 2.55. The van der Waals surface area contributed by atoms with E-state index in [2.05, 4.69) is 13.8 Å². The molecule has 0 bridgehead atoms. The zero-order valence-corrected chi connectivity index (χ0v) is 15.1. The first-order valence-electron chi connectivity index (χ1n) is 10.2. The van der Waals surface area contributed by atoms with E-state index in [0.29, 0.717) is 5.92 Å². The van der Waals surface area contributed by atoms with Crippen LogP contribution in [0.25, 0.3) is 0 Å². The van der Waals surface area contributed by atoms with Gasteiger partial charge >= 0.3 is 0 Å². The summed E-state index contributed by atoms with van der Waals surface area (Å²) in [5, 5.41) is 0. The second-order valence-electron chi connectivity index (χ2n) is 8.44. The maximum Gasteiger partial charge on any atom is 0.123 e. The molecular weight excluding hydrogens is 268 g/mol. The second kappa shape index (κ2) is 9.73. The first-order chi connectivity index (χ1) is 10.7. The molecule has 2 aliphatic carbocycles. The molecule has 0 saturated heterocycles. The summed E-state index contributed by atoms with van der Waals surface area (Å²) in [6, 6.07) is 0. The fourth-order valence-electron chi connectivity index (χ4n) is 4.91. The molecule has 0 N–H and O–H groups in total. The van der Waals surface area contributed by atoms with E-state index in [1.54, 1.807) is 0 Å². The van der Waals surface area contributed by atoms with Gasteiger partial charge in [-0.1, -0.05) is 71.6 Å². The monoisotopic (exact) mass is 306 g/mol. The maximum atomic E-state index is 10.8. The van der Waals surface area contributed by atoms with Gasteiger partial charge in [-0.3, -0.25) is 0 Å². The van der Waals surface area contributed by atoms with E-state index in [-0.39, 0.29) is 0 Å². The normalized spacial score (nSPS) is 36.2. The van der Waals surface area contributed by atoms with Gasteiger partial charge in [0.2, 0.25) is 0 Å². The van der Waals surface area contributed by atoms with Crippen molar-refractivity contribution in [1.82, 2.24) is 0 Å². The Morgan fingerprint density at radius 3 is 2.18 bits per heavy atom. The Labute approximate surface area is 138 Å². The van der Waals surface area contributed by atoms with Gasteiger partial charge < -0.3 is 4.79 Å². The lowest BCUT2D eigenvalue weighted by Gasteiger charge is -2.34. The number of rotatable bonds is 8. The van der Waals surface area contributed by atoms with Crippen molar-refractivity contribution in [2.75, 3.05) is 0 Å². The van der Waals surface area contributed by atoms with E-state index in [9.17, 15) is 4.79 Å². The maximum absolute atomic E-state index is 10.8. The third-order valence-electron chi connectivity index (χ3n) is 6.90. The van der Waals surface area contributed by atoms with Gasteiger partial charge in [0.05, 0.1) is 0 Å². The van der Waals surface area contributed by atoms with E-state index in [1.807, 2.05) is 0 Å². The van der Waals surface area contributed by atoms with E-state index >= 15 is 0 Å². The van der Waals surface area contributed by atoms with Crippen LogP contribution in [-0.4, -0.2) is 6.29 Å². The summed E-state index contributed by atoms with van der Waals surface area (Å²) < 4.78 is 0. The molecule has 0 heterocycles. The molecule has 1 heteroatoms. The summed E-state index contributed by atoms with van der Waals surface area (Å²) in [7, 11) is 0. The summed E-state index contributed by atoms with van der Waals surface area (Å²) >= 11 is 0. The van der Waals surface area contributed by atoms with Crippen LogP contribution in [0.3, 0.4) is 0 Å². The van der Waals surface area contributed by atoms with Crippen molar-refractivity contribution in [3.8, 4) is 0 Å². The molecule has 2 rings (SSSR count). The van der Waals surface area contributed by atoms with E-state index in [0.717, 1.165) is 36.5 Å². The minimum atomic E-state index is 0.385. The number of carbonyl (C=O) groups is 1. The highest BCUT2D eigenvalue weighted by Gasteiger charge is 2.26. The molecule has 1 nitrogen and oxygen atoms in total. The lowest BCUT2D eigenvalue weighted by atomic mass is 9.72. The van der Waals surface area contributed by atoms with Crippen molar-refractivity contribution in [3.05, 3.63) is 0 Å². The minimum Gasteiger partial charge on any atom is -0.303 e. The Hall–Kier alpha value is -0.330. The van der Waals surface area contributed by atoms with Crippen molar-refractivity contribution in [3.63, 3.8) is 0 Å². The van der Waals surface area contributed by atoms with Crippen LogP contribution in [0.5, 0.6) is 0 Å². The summed E-state index contributed by atoms with van der Waals surface area (Å²) in [6.45, 7) is 4.94. The van der Waals surface area contributed by atoms with Crippen LogP contribution in [0.15, 0.2) is 0 Å². The van der Waals surface area contributed by atoms with Gasteiger partial charge in [-0.2, -0.15) is 0 Å². The molecule has 22 heavy (non-hydrogen) atoms. The highest BCUT2D eigenvalue weighted by atomic mass is 16.1. The highest BCUT2D eigenvalue weighted by Crippen LogP contribution is 2.37. The predicted molar refractivity (Wildman–Crippen MR) is 94.9 cm³/mol. The fraction of sp³-hybridized carbons (Fsp3) is 0.952. The molecule has 0 aromatic heterocycles. The standard InChI is InChI=1S/C21H38O/c1-17-8-7-11-21(18(17)2)10-6-4-3-5-9-19-12-14-20(16-22)15-13-19/h16-21H,3-15H2,1-2H3. The second-order valence-corrected chi connectivity index (χ2v) is 8.44. The average molecular weight is 307 g/mol. The number of hydrogen-bond donors (Lipinski definition) is 0. The van der Waals surface area contributed by atoms with Crippen molar-refractivity contribution < 1.29 is 4.79 Å². The van der Waals surface area contributed by atoms with Crippen LogP contribution in [0.2, 0.25) is 0 Å². The molecule has 2 aliphatic rings. The molecular formula is C21H38O. The molecule has 3 unspecified atom stereocenters. The number of unbranched alkanes of at least 4 members (excludes halogenated alkanes) is 3. The Morgan fingerprint density at radius 1 is 0.818 bits per heavy atom. The number of hydrogen-bond acceptors (Lipinski definition) is 1. The zero-order valence-electron chi connectivity index (χ0n) is 15.1. The SMILES string of the molecule is CC1CCCC(CCCCCCC2CCC(C=O)CC2)C1C. The molecule has 3 atom stereocenters. The Kier molecular flexibility index (Phi) is 7.97. The van der Waals surface area contributed by atoms with Gasteiger partial charge in [0.25, 0.3) is 0 Å². The van der Waals surface area contributed by atoms with Crippen LogP contribution in [0.4, 0.5) is 0 Å². The first-order valence-corrected chi connectivity index (χ1v) is 10.2. The Morgan fingerprint density at radius 2 is 1.50 bits per heavy atom. The summed E-state index contributed by atoms with van der Waals surface area (Å²) in [5.41, 5.74) is 0. The lowest BCUT2D eigenvalue weighted by molar-refractivity contribution is -0.112. The van der Waals surface area contributed by atoms with Crippen molar-refractivity contribution in [2.45, 2.75) is 97.3 Å². The molecule has 0 amide bonds. The lowest BCUT2D eigenvalue weighted by Crippen LogP contribution is -2.23. The quantitative estimate of drug-likeness (QED) is 0.374. The van der Waals surface area contributed by atoms with Crippen LogP contribution >= 0.6 is 0 Å². The highest BCUT2D eigenvalue weighted by molar-refractivity contribution is 5.53. The smallest absolute Gasteiger partial charge is 0.123 e. The zero-order chi connectivity index (χ0) is 15.8. The molecule has 0 spiro atoms. The Bertz CT molecular complexity index is 303. The largest absolute Gasteiger partial charge is 0.303 e. The summed E-state index contributed by atoms with van der Waals surface area (Å²) in [4.78, 5) is 10.8. The van der Waals surface area contributed by atoms with Crippen LogP contribution in [0, 0.1) is 29.6 Å². The van der Waals surface area contributed by atoms with E-state index < -0.39 is 0 Å². The topological polar surface area (TPSA) is 17.1 Å². The predicted octanol–water partition coefficient (Wildman–Crippen LogP) is 6.40. The molecule has 0 aromatic rings. The molecule has 2 saturated carbocycles. The van der Waals surface area contributed by atoms with Crippen molar-refractivity contribution in [2.24, 2.45) is 29.6 Å². The van der Waals surface area contributed by atoms with Crippen LogP contribution in [0.1, 0.15) is 97.3 Å². The van der Waals surface area contributed by atoms with Crippen molar-refractivity contribution >= 4 is 6.29 Å². The van der Waals surface area contributed by atoms with Gasteiger partial charge in [-0.15, -0.1) is 0 Å². The minimum absolute atomic E-state index is 0.385. The third-order valence-corrected chi connectivity index (χ3v) is 6.90. The molecule has 0 radical (unpaired) electrons. The number of carbonyl (C=O) groups excluding carboxylic acids is 1. The fourth-order valence-corrected chi connectivity index (χ4v) is 4.91. The van der Waals surface area contributed by atoms with Gasteiger partial charge in [-0.25, -0.2) is 0 Å².